The topological polar surface area (TPSA) is 38.0 Å². The lowest BCUT2D eigenvalue weighted by molar-refractivity contribution is 0.550. The molecule has 1 atom stereocenters. The lowest BCUT2D eigenvalue weighted by atomic mass is 9.95. The Labute approximate surface area is 129 Å². The minimum Gasteiger partial charge on any atom is -0.271 e. The van der Waals surface area contributed by atoms with Gasteiger partial charge >= 0.3 is 0 Å². The minimum absolute atomic E-state index is 0.118. The fraction of sp³-hybridized carbons (Fsp3) is 0.294. The van der Waals surface area contributed by atoms with E-state index in [1.807, 2.05) is 0 Å². The molecule has 0 heterocycles. The van der Waals surface area contributed by atoms with Crippen LogP contribution in [0.1, 0.15) is 33.9 Å². The molecule has 0 aliphatic carbocycles. The zero-order valence-electron chi connectivity index (χ0n) is 12.2. The number of benzene rings is 2. The van der Waals surface area contributed by atoms with E-state index in [2.05, 4.69) is 78.5 Å². The molecule has 0 amide bonds. The van der Waals surface area contributed by atoms with E-state index in [4.69, 9.17) is 5.84 Å². The maximum atomic E-state index is 5.76. The molecule has 0 saturated carbocycles. The highest BCUT2D eigenvalue weighted by atomic mass is 79.9. The van der Waals surface area contributed by atoms with Crippen molar-refractivity contribution in [2.75, 3.05) is 0 Å². The van der Waals surface area contributed by atoms with E-state index in [0.29, 0.717) is 0 Å². The molecule has 0 saturated heterocycles. The van der Waals surface area contributed by atoms with E-state index in [0.717, 1.165) is 10.9 Å². The average Bonchev–Trinajstić information content (AvgIpc) is 2.43. The van der Waals surface area contributed by atoms with Crippen LogP contribution in [-0.2, 0) is 6.42 Å². The predicted molar refractivity (Wildman–Crippen MR) is 88.6 cm³/mol. The number of halogens is 1. The van der Waals surface area contributed by atoms with Crippen LogP contribution in [0.15, 0.2) is 40.9 Å². The van der Waals surface area contributed by atoms with Crippen molar-refractivity contribution in [3.05, 3.63) is 68.7 Å². The average molecular weight is 333 g/mol. The zero-order valence-corrected chi connectivity index (χ0v) is 13.8. The summed E-state index contributed by atoms with van der Waals surface area (Å²) in [6, 6.07) is 13.1. The molecule has 0 radical (unpaired) electrons. The van der Waals surface area contributed by atoms with Crippen molar-refractivity contribution >= 4 is 15.9 Å². The van der Waals surface area contributed by atoms with Crippen LogP contribution in [0, 0.1) is 20.8 Å². The molecule has 1 unspecified atom stereocenters. The van der Waals surface area contributed by atoms with Gasteiger partial charge in [0.15, 0.2) is 0 Å². The van der Waals surface area contributed by atoms with Crippen molar-refractivity contribution in [1.82, 2.24) is 5.43 Å². The van der Waals surface area contributed by atoms with Gasteiger partial charge in [-0.05, 0) is 55.5 Å². The van der Waals surface area contributed by atoms with Gasteiger partial charge in [0.2, 0.25) is 0 Å². The summed E-state index contributed by atoms with van der Waals surface area (Å²) in [6.45, 7) is 6.35. The fourth-order valence-electron chi connectivity index (χ4n) is 2.34. The largest absolute Gasteiger partial charge is 0.271 e. The molecule has 0 fully saturated rings. The van der Waals surface area contributed by atoms with Crippen molar-refractivity contribution in [2.45, 2.75) is 33.2 Å². The Morgan fingerprint density at radius 3 is 2.40 bits per heavy atom. The van der Waals surface area contributed by atoms with Crippen molar-refractivity contribution in [3.8, 4) is 0 Å². The van der Waals surface area contributed by atoms with Gasteiger partial charge in [0.1, 0.15) is 0 Å². The van der Waals surface area contributed by atoms with Crippen LogP contribution >= 0.6 is 15.9 Å². The first-order valence-electron chi connectivity index (χ1n) is 6.79. The van der Waals surface area contributed by atoms with Crippen LogP contribution in [0.3, 0.4) is 0 Å². The van der Waals surface area contributed by atoms with Gasteiger partial charge in [0.05, 0.1) is 6.04 Å². The summed E-state index contributed by atoms with van der Waals surface area (Å²) in [4.78, 5) is 0. The second-order valence-electron chi connectivity index (χ2n) is 5.36. The van der Waals surface area contributed by atoms with Gasteiger partial charge < -0.3 is 0 Å². The maximum Gasteiger partial charge on any atom is 0.0500 e. The van der Waals surface area contributed by atoms with Gasteiger partial charge in [-0.2, -0.15) is 0 Å². The Hall–Kier alpha value is -1.16. The molecule has 20 heavy (non-hydrogen) atoms. The number of hydrogen-bond acceptors (Lipinski definition) is 2. The standard InChI is InChI=1S/C17H21BrN2/c1-11-4-5-12(2)15(8-11)10-17(20-19)14-7-6-13(3)16(18)9-14/h4-9,17,20H,10,19H2,1-3H3. The van der Waals surface area contributed by atoms with Crippen LogP contribution < -0.4 is 11.3 Å². The van der Waals surface area contributed by atoms with Crippen LogP contribution in [-0.4, -0.2) is 0 Å². The summed E-state index contributed by atoms with van der Waals surface area (Å²) in [7, 11) is 0. The highest BCUT2D eigenvalue weighted by molar-refractivity contribution is 9.10. The smallest absolute Gasteiger partial charge is 0.0500 e. The molecule has 0 bridgehead atoms. The van der Waals surface area contributed by atoms with Crippen LogP contribution in [0.4, 0.5) is 0 Å². The molecular formula is C17H21BrN2. The van der Waals surface area contributed by atoms with Gasteiger partial charge in [0.25, 0.3) is 0 Å². The van der Waals surface area contributed by atoms with E-state index in [-0.39, 0.29) is 6.04 Å². The number of nitrogens with one attached hydrogen (secondary N) is 1. The van der Waals surface area contributed by atoms with Crippen molar-refractivity contribution in [1.29, 1.82) is 0 Å². The van der Waals surface area contributed by atoms with Gasteiger partial charge in [-0.15, -0.1) is 0 Å². The monoisotopic (exact) mass is 332 g/mol. The summed E-state index contributed by atoms with van der Waals surface area (Å²) in [5.74, 6) is 5.76. The lowest BCUT2D eigenvalue weighted by Gasteiger charge is -2.19. The molecule has 0 aromatic heterocycles. The Kier molecular flexibility index (Phi) is 4.97. The lowest BCUT2D eigenvalue weighted by Crippen LogP contribution is -2.29. The summed E-state index contributed by atoms with van der Waals surface area (Å²) >= 11 is 3.59. The number of nitrogens with two attached hydrogens (primary N) is 1. The first-order chi connectivity index (χ1) is 9.51. The highest BCUT2D eigenvalue weighted by Crippen LogP contribution is 2.25. The Bertz CT molecular complexity index is 608. The number of rotatable bonds is 4. The molecule has 0 spiro atoms. The summed E-state index contributed by atoms with van der Waals surface area (Å²) in [5.41, 5.74) is 9.30. The van der Waals surface area contributed by atoms with E-state index < -0.39 is 0 Å². The van der Waals surface area contributed by atoms with Gasteiger partial charge in [-0.25, -0.2) is 0 Å². The van der Waals surface area contributed by atoms with E-state index in [1.54, 1.807) is 0 Å². The first kappa shape index (κ1) is 15.2. The zero-order chi connectivity index (χ0) is 14.7. The minimum atomic E-state index is 0.118. The highest BCUT2D eigenvalue weighted by Gasteiger charge is 2.13. The quantitative estimate of drug-likeness (QED) is 0.652. The number of hydrogen-bond donors (Lipinski definition) is 2. The first-order valence-corrected chi connectivity index (χ1v) is 7.59. The normalized spacial score (nSPS) is 12.4. The molecule has 3 heteroatoms. The number of aryl methyl sites for hydroxylation is 3. The molecule has 0 aliphatic heterocycles. The molecule has 2 aromatic rings. The molecule has 2 nitrogen and oxygen atoms in total. The van der Waals surface area contributed by atoms with Crippen LogP contribution in [0.2, 0.25) is 0 Å². The second-order valence-corrected chi connectivity index (χ2v) is 6.22. The second kappa shape index (κ2) is 6.53. The Morgan fingerprint density at radius 2 is 1.75 bits per heavy atom. The Balaban J connectivity index is 2.28. The van der Waals surface area contributed by atoms with Gasteiger partial charge in [-0.3, -0.25) is 11.3 Å². The van der Waals surface area contributed by atoms with E-state index in [9.17, 15) is 0 Å². The summed E-state index contributed by atoms with van der Waals surface area (Å²) in [6.07, 6.45) is 0.888. The fourth-order valence-corrected chi connectivity index (χ4v) is 2.74. The number of hydrazine groups is 1. The third-order valence-corrected chi connectivity index (χ3v) is 4.58. The molecule has 106 valence electrons. The summed E-state index contributed by atoms with van der Waals surface area (Å²) < 4.78 is 1.12. The SMILES string of the molecule is Cc1ccc(C)c(CC(NN)c2ccc(C)c(Br)c2)c1. The molecule has 3 N–H and O–H groups in total. The summed E-state index contributed by atoms with van der Waals surface area (Å²) in [5, 5.41) is 0. The van der Waals surface area contributed by atoms with Crippen molar-refractivity contribution in [2.24, 2.45) is 5.84 Å². The predicted octanol–water partition coefficient (Wildman–Crippen LogP) is 4.12. The third-order valence-electron chi connectivity index (χ3n) is 3.73. The molecule has 2 aromatic carbocycles. The van der Waals surface area contributed by atoms with E-state index >= 15 is 0 Å². The molecule has 0 aliphatic rings. The maximum absolute atomic E-state index is 5.76. The van der Waals surface area contributed by atoms with E-state index in [1.165, 1.54) is 27.8 Å². The van der Waals surface area contributed by atoms with Crippen LogP contribution in [0.5, 0.6) is 0 Å². The van der Waals surface area contributed by atoms with Gasteiger partial charge in [-0.1, -0.05) is 51.8 Å². The molecular weight excluding hydrogens is 312 g/mol. The van der Waals surface area contributed by atoms with Crippen molar-refractivity contribution < 1.29 is 0 Å². The van der Waals surface area contributed by atoms with Gasteiger partial charge in [0, 0.05) is 4.47 Å². The van der Waals surface area contributed by atoms with Crippen molar-refractivity contribution in [3.63, 3.8) is 0 Å². The van der Waals surface area contributed by atoms with Crippen LogP contribution in [0.25, 0.3) is 0 Å². The third kappa shape index (κ3) is 3.48. The Morgan fingerprint density at radius 1 is 1.05 bits per heavy atom. The molecule has 2 rings (SSSR count).